The van der Waals surface area contributed by atoms with Crippen LogP contribution in [0.4, 0.5) is 5.69 Å². The molecule has 164 valence electrons. The molecule has 0 saturated carbocycles. The zero-order valence-electron chi connectivity index (χ0n) is 18.4. The molecule has 0 fully saturated rings. The van der Waals surface area contributed by atoms with Crippen molar-refractivity contribution in [2.75, 3.05) is 5.32 Å². The number of benzene rings is 1. The van der Waals surface area contributed by atoms with Crippen molar-refractivity contribution in [1.29, 1.82) is 0 Å². The van der Waals surface area contributed by atoms with E-state index in [4.69, 9.17) is 9.26 Å². The third kappa shape index (κ3) is 4.83. The van der Waals surface area contributed by atoms with Gasteiger partial charge in [-0.15, -0.1) is 10.2 Å². The summed E-state index contributed by atoms with van der Waals surface area (Å²) < 4.78 is 12.6. The number of nitrogens with zero attached hydrogens (tertiary/aromatic N) is 5. The molecule has 0 aliphatic carbocycles. The Bertz CT molecular complexity index is 1210. The Labute approximate surface area is 185 Å². The van der Waals surface area contributed by atoms with Gasteiger partial charge in [-0.05, 0) is 70.5 Å². The lowest BCUT2D eigenvalue weighted by Crippen LogP contribution is -2.12. The van der Waals surface area contributed by atoms with E-state index >= 15 is 0 Å². The topological polar surface area (TPSA) is 108 Å². The van der Waals surface area contributed by atoms with Gasteiger partial charge >= 0.3 is 0 Å². The Hall–Kier alpha value is -4.01. The third-order valence-electron chi connectivity index (χ3n) is 5.00. The van der Waals surface area contributed by atoms with Gasteiger partial charge in [0.2, 0.25) is 11.8 Å². The molecule has 9 nitrogen and oxygen atoms in total. The van der Waals surface area contributed by atoms with Crippen molar-refractivity contribution in [3.8, 4) is 17.4 Å². The number of rotatable bonds is 7. The summed E-state index contributed by atoms with van der Waals surface area (Å²) in [5.74, 6) is 2.25. The standard InChI is InChI=1S/C23H24N6O3/c1-14-13-15(2)29(27-14)21-10-12-23(26-25-21)31-19-7-5-18(6-8-19)24-22(30)11-9-20-16(3)28-32-17(20)4/h5-8,10,12-13H,9,11H2,1-4H3,(H,24,30). The second-order valence-electron chi connectivity index (χ2n) is 7.55. The summed E-state index contributed by atoms with van der Waals surface area (Å²) in [6.07, 6.45) is 0.929. The predicted molar refractivity (Wildman–Crippen MR) is 118 cm³/mol. The summed E-state index contributed by atoms with van der Waals surface area (Å²) in [7, 11) is 0. The van der Waals surface area contributed by atoms with Crippen LogP contribution in [0.15, 0.2) is 47.0 Å². The lowest BCUT2D eigenvalue weighted by Gasteiger charge is -2.08. The lowest BCUT2D eigenvalue weighted by molar-refractivity contribution is -0.116. The number of anilines is 1. The Morgan fingerprint density at radius 2 is 1.84 bits per heavy atom. The summed E-state index contributed by atoms with van der Waals surface area (Å²) in [5.41, 5.74) is 4.39. The quantitative estimate of drug-likeness (QED) is 0.465. The van der Waals surface area contributed by atoms with E-state index in [-0.39, 0.29) is 5.91 Å². The van der Waals surface area contributed by atoms with E-state index in [2.05, 4.69) is 25.8 Å². The summed E-state index contributed by atoms with van der Waals surface area (Å²) in [5, 5.41) is 19.5. The average molecular weight is 432 g/mol. The van der Waals surface area contributed by atoms with Crippen LogP contribution in [0.5, 0.6) is 11.6 Å². The van der Waals surface area contributed by atoms with Crippen LogP contribution in [0, 0.1) is 27.7 Å². The second-order valence-corrected chi connectivity index (χ2v) is 7.55. The highest BCUT2D eigenvalue weighted by atomic mass is 16.5. The number of aromatic nitrogens is 5. The van der Waals surface area contributed by atoms with Gasteiger partial charge in [-0.2, -0.15) is 5.10 Å². The van der Waals surface area contributed by atoms with Crippen molar-refractivity contribution >= 4 is 11.6 Å². The maximum absolute atomic E-state index is 12.3. The number of carbonyl (C=O) groups is 1. The van der Waals surface area contributed by atoms with Crippen molar-refractivity contribution in [3.05, 3.63) is 70.9 Å². The first-order valence-corrected chi connectivity index (χ1v) is 10.3. The monoisotopic (exact) mass is 432 g/mol. The predicted octanol–water partition coefficient (Wildman–Crippen LogP) is 4.25. The lowest BCUT2D eigenvalue weighted by atomic mass is 10.1. The van der Waals surface area contributed by atoms with Crippen LogP contribution in [0.2, 0.25) is 0 Å². The van der Waals surface area contributed by atoms with Gasteiger partial charge in [0.25, 0.3) is 0 Å². The van der Waals surface area contributed by atoms with Crippen LogP contribution in [0.3, 0.4) is 0 Å². The molecule has 1 N–H and O–H groups in total. The van der Waals surface area contributed by atoms with Gasteiger partial charge in [-0.1, -0.05) is 5.16 Å². The molecule has 3 heterocycles. The molecule has 0 saturated heterocycles. The van der Waals surface area contributed by atoms with Crippen LogP contribution < -0.4 is 10.1 Å². The van der Waals surface area contributed by atoms with Gasteiger partial charge in [0.05, 0.1) is 11.4 Å². The van der Waals surface area contributed by atoms with E-state index in [0.717, 1.165) is 28.4 Å². The Morgan fingerprint density at radius 3 is 2.44 bits per heavy atom. The summed E-state index contributed by atoms with van der Waals surface area (Å²) in [6, 6.07) is 12.6. The maximum Gasteiger partial charge on any atom is 0.238 e. The van der Waals surface area contributed by atoms with Gasteiger partial charge in [-0.25, -0.2) is 4.68 Å². The first-order chi connectivity index (χ1) is 15.4. The number of hydrogen-bond acceptors (Lipinski definition) is 7. The molecular formula is C23H24N6O3. The van der Waals surface area contributed by atoms with Crippen LogP contribution in [-0.2, 0) is 11.2 Å². The number of hydrogen-bond donors (Lipinski definition) is 1. The summed E-state index contributed by atoms with van der Waals surface area (Å²) in [6.45, 7) is 7.62. The molecule has 0 spiro atoms. The van der Waals surface area contributed by atoms with Gasteiger partial charge < -0.3 is 14.6 Å². The molecule has 0 bridgehead atoms. The molecule has 4 rings (SSSR count). The Kier molecular flexibility index (Phi) is 5.98. The molecule has 0 aliphatic heterocycles. The highest BCUT2D eigenvalue weighted by molar-refractivity contribution is 5.90. The van der Waals surface area contributed by atoms with Crippen LogP contribution >= 0.6 is 0 Å². The van der Waals surface area contributed by atoms with Crippen molar-refractivity contribution in [3.63, 3.8) is 0 Å². The smallest absolute Gasteiger partial charge is 0.238 e. The number of amides is 1. The normalized spacial score (nSPS) is 10.9. The number of nitrogens with one attached hydrogen (secondary N) is 1. The largest absolute Gasteiger partial charge is 0.438 e. The minimum Gasteiger partial charge on any atom is -0.438 e. The molecule has 32 heavy (non-hydrogen) atoms. The molecular weight excluding hydrogens is 408 g/mol. The van der Waals surface area contributed by atoms with Crippen molar-refractivity contribution in [2.45, 2.75) is 40.5 Å². The first-order valence-electron chi connectivity index (χ1n) is 10.3. The molecule has 1 amide bonds. The maximum atomic E-state index is 12.3. The van der Waals surface area contributed by atoms with Gasteiger partial charge in [0, 0.05) is 29.4 Å². The molecule has 4 aromatic rings. The van der Waals surface area contributed by atoms with Gasteiger partial charge in [-0.3, -0.25) is 4.79 Å². The second kappa shape index (κ2) is 9.01. The van der Waals surface area contributed by atoms with E-state index in [1.807, 2.05) is 33.8 Å². The zero-order valence-corrected chi connectivity index (χ0v) is 18.4. The van der Waals surface area contributed by atoms with E-state index in [1.165, 1.54) is 0 Å². The fraction of sp³-hybridized carbons (Fsp3) is 0.261. The average Bonchev–Trinajstić information content (AvgIpc) is 3.28. The molecule has 3 aromatic heterocycles. The van der Waals surface area contributed by atoms with Gasteiger partial charge in [0.1, 0.15) is 11.5 Å². The van der Waals surface area contributed by atoms with Crippen molar-refractivity contribution in [1.82, 2.24) is 25.1 Å². The van der Waals surface area contributed by atoms with Crippen LogP contribution in [0.25, 0.3) is 5.82 Å². The van der Waals surface area contributed by atoms with E-state index in [1.54, 1.807) is 41.1 Å². The first kappa shape index (κ1) is 21.2. The number of aryl methyl sites for hydroxylation is 4. The molecule has 0 aliphatic rings. The van der Waals surface area contributed by atoms with Crippen LogP contribution in [0.1, 0.15) is 34.8 Å². The third-order valence-corrected chi connectivity index (χ3v) is 5.00. The Balaban J connectivity index is 1.32. The zero-order chi connectivity index (χ0) is 22.7. The number of carbonyl (C=O) groups excluding carboxylic acids is 1. The molecule has 0 atom stereocenters. The highest BCUT2D eigenvalue weighted by Crippen LogP contribution is 2.22. The van der Waals surface area contributed by atoms with Gasteiger partial charge in [0.15, 0.2) is 5.82 Å². The van der Waals surface area contributed by atoms with E-state index in [0.29, 0.717) is 36.0 Å². The fourth-order valence-electron chi connectivity index (χ4n) is 3.39. The molecule has 9 heteroatoms. The van der Waals surface area contributed by atoms with Crippen molar-refractivity contribution < 1.29 is 14.1 Å². The van der Waals surface area contributed by atoms with E-state index < -0.39 is 0 Å². The van der Waals surface area contributed by atoms with Crippen LogP contribution in [-0.4, -0.2) is 31.0 Å². The van der Waals surface area contributed by atoms with E-state index in [9.17, 15) is 4.79 Å². The minimum atomic E-state index is -0.0794. The fourth-order valence-corrected chi connectivity index (χ4v) is 3.39. The summed E-state index contributed by atoms with van der Waals surface area (Å²) in [4.78, 5) is 12.3. The molecule has 1 aromatic carbocycles. The molecule has 0 unspecified atom stereocenters. The number of ether oxygens (including phenoxy) is 1. The van der Waals surface area contributed by atoms with Crippen molar-refractivity contribution in [2.24, 2.45) is 0 Å². The Morgan fingerprint density at radius 1 is 1.06 bits per heavy atom. The summed E-state index contributed by atoms with van der Waals surface area (Å²) >= 11 is 0. The minimum absolute atomic E-state index is 0.0794. The molecule has 0 radical (unpaired) electrons. The SMILES string of the molecule is Cc1cc(C)n(-c2ccc(Oc3ccc(NC(=O)CCc4c(C)noc4C)cc3)nn2)n1. The highest BCUT2D eigenvalue weighted by Gasteiger charge is 2.12.